The lowest BCUT2D eigenvalue weighted by Crippen LogP contribution is -2.27. The van der Waals surface area contributed by atoms with Crippen LogP contribution in [0.1, 0.15) is 23.1 Å². The van der Waals surface area contributed by atoms with Gasteiger partial charge in [-0.25, -0.2) is 0 Å². The van der Waals surface area contributed by atoms with Gasteiger partial charge < -0.3 is 15.1 Å². The molecule has 0 radical (unpaired) electrons. The Labute approximate surface area is 148 Å². The van der Waals surface area contributed by atoms with Crippen molar-refractivity contribution < 1.29 is 9.21 Å². The van der Waals surface area contributed by atoms with Crippen molar-refractivity contribution in [2.24, 2.45) is 0 Å². The van der Waals surface area contributed by atoms with Crippen LogP contribution in [-0.2, 0) is 11.2 Å². The average Bonchev–Trinajstić information content (AvgIpc) is 3.02. The number of amides is 1. The standard InChI is InChI=1S/C21H24N2O2/c1-15-9-10-19-17(14-25-21(19)16(15)2)13-20(24)23-12-6-11-22-18-7-4-3-5-8-18/h3-5,7-10,14,22H,6,11-13H2,1-2H3,(H,23,24). The number of carbonyl (C=O) groups excluding carboxylic acids is 1. The number of hydrogen-bond acceptors (Lipinski definition) is 3. The summed E-state index contributed by atoms with van der Waals surface area (Å²) < 4.78 is 5.66. The van der Waals surface area contributed by atoms with Gasteiger partial charge in [-0.05, 0) is 43.5 Å². The summed E-state index contributed by atoms with van der Waals surface area (Å²) in [6.07, 6.45) is 2.93. The van der Waals surface area contributed by atoms with Crippen molar-refractivity contribution in [2.45, 2.75) is 26.7 Å². The Balaban J connectivity index is 1.46. The number of nitrogens with one attached hydrogen (secondary N) is 2. The molecule has 1 heterocycles. The van der Waals surface area contributed by atoms with Crippen molar-refractivity contribution in [3.8, 4) is 0 Å². The molecule has 3 aromatic rings. The first-order valence-corrected chi connectivity index (χ1v) is 8.67. The molecule has 0 bridgehead atoms. The Morgan fingerprint density at radius 2 is 1.84 bits per heavy atom. The van der Waals surface area contributed by atoms with Gasteiger partial charge in [-0.3, -0.25) is 4.79 Å². The number of anilines is 1. The van der Waals surface area contributed by atoms with Crippen molar-refractivity contribution >= 4 is 22.6 Å². The maximum Gasteiger partial charge on any atom is 0.224 e. The van der Waals surface area contributed by atoms with Crippen molar-refractivity contribution in [3.63, 3.8) is 0 Å². The molecule has 25 heavy (non-hydrogen) atoms. The minimum Gasteiger partial charge on any atom is -0.464 e. The van der Waals surface area contributed by atoms with Gasteiger partial charge in [-0.1, -0.05) is 30.3 Å². The molecular weight excluding hydrogens is 312 g/mol. The van der Waals surface area contributed by atoms with Gasteiger partial charge in [0.1, 0.15) is 5.58 Å². The van der Waals surface area contributed by atoms with E-state index in [9.17, 15) is 4.79 Å². The van der Waals surface area contributed by atoms with Crippen molar-refractivity contribution in [1.82, 2.24) is 5.32 Å². The monoisotopic (exact) mass is 336 g/mol. The lowest BCUT2D eigenvalue weighted by Gasteiger charge is -2.07. The van der Waals surface area contributed by atoms with Gasteiger partial charge in [-0.15, -0.1) is 0 Å². The first-order chi connectivity index (χ1) is 12.1. The second kappa shape index (κ2) is 7.88. The third kappa shape index (κ3) is 4.21. The maximum absolute atomic E-state index is 12.2. The zero-order valence-corrected chi connectivity index (χ0v) is 14.8. The molecule has 0 aliphatic carbocycles. The minimum atomic E-state index is 0.0284. The maximum atomic E-state index is 12.2. The summed E-state index contributed by atoms with van der Waals surface area (Å²) in [6.45, 7) is 5.60. The van der Waals surface area contributed by atoms with Gasteiger partial charge in [0.2, 0.25) is 5.91 Å². The van der Waals surface area contributed by atoms with E-state index in [1.165, 1.54) is 5.56 Å². The molecule has 130 valence electrons. The summed E-state index contributed by atoms with van der Waals surface area (Å²) >= 11 is 0. The molecular formula is C21H24N2O2. The first kappa shape index (κ1) is 17.1. The Kier molecular flexibility index (Phi) is 5.39. The SMILES string of the molecule is Cc1ccc2c(CC(=O)NCCCNc3ccccc3)coc2c1C. The molecule has 4 heteroatoms. The summed E-state index contributed by atoms with van der Waals surface area (Å²) in [5.41, 5.74) is 5.26. The number of hydrogen-bond donors (Lipinski definition) is 2. The lowest BCUT2D eigenvalue weighted by atomic mass is 10.0. The minimum absolute atomic E-state index is 0.0284. The summed E-state index contributed by atoms with van der Waals surface area (Å²) in [5.74, 6) is 0.0284. The predicted octanol–water partition coefficient (Wildman–Crippen LogP) is 4.21. The van der Waals surface area contributed by atoms with Crippen molar-refractivity contribution in [2.75, 3.05) is 18.4 Å². The van der Waals surface area contributed by atoms with Crippen molar-refractivity contribution in [1.29, 1.82) is 0 Å². The van der Waals surface area contributed by atoms with Crippen LogP contribution < -0.4 is 10.6 Å². The van der Waals surface area contributed by atoms with E-state index < -0.39 is 0 Å². The van der Waals surface area contributed by atoms with Crippen LogP contribution in [0, 0.1) is 13.8 Å². The quantitative estimate of drug-likeness (QED) is 0.636. The van der Waals surface area contributed by atoms with Crippen LogP contribution in [-0.4, -0.2) is 19.0 Å². The number of furan rings is 1. The molecule has 0 spiro atoms. The number of benzene rings is 2. The molecule has 3 rings (SSSR count). The molecule has 0 aliphatic rings. The molecule has 1 amide bonds. The van der Waals surface area contributed by atoms with E-state index in [-0.39, 0.29) is 5.91 Å². The molecule has 0 saturated heterocycles. The molecule has 4 nitrogen and oxygen atoms in total. The number of para-hydroxylation sites is 1. The zero-order valence-electron chi connectivity index (χ0n) is 14.8. The summed E-state index contributed by atoms with van der Waals surface area (Å²) in [6, 6.07) is 14.2. The molecule has 1 aromatic heterocycles. The Morgan fingerprint density at radius 1 is 1.04 bits per heavy atom. The van der Waals surface area contributed by atoms with Crippen LogP contribution in [0.5, 0.6) is 0 Å². The second-order valence-electron chi connectivity index (χ2n) is 6.32. The third-order valence-electron chi connectivity index (χ3n) is 4.47. The fourth-order valence-corrected chi connectivity index (χ4v) is 2.87. The van der Waals surface area contributed by atoms with Crippen LogP contribution in [0.2, 0.25) is 0 Å². The predicted molar refractivity (Wildman–Crippen MR) is 102 cm³/mol. The summed E-state index contributed by atoms with van der Waals surface area (Å²) in [5, 5.41) is 7.34. The van der Waals surface area contributed by atoms with Crippen LogP contribution in [0.15, 0.2) is 53.1 Å². The van der Waals surface area contributed by atoms with Gasteiger partial charge in [0.25, 0.3) is 0 Å². The highest BCUT2D eigenvalue weighted by Crippen LogP contribution is 2.26. The first-order valence-electron chi connectivity index (χ1n) is 8.67. The number of rotatable bonds is 7. The topological polar surface area (TPSA) is 54.3 Å². The average molecular weight is 336 g/mol. The zero-order chi connectivity index (χ0) is 17.6. The lowest BCUT2D eigenvalue weighted by molar-refractivity contribution is -0.120. The Hall–Kier alpha value is -2.75. The van der Waals surface area contributed by atoms with Gasteiger partial charge in [0.05, 0.1) is 12.7 Å². The molecule has 0 atom stereocenters. The highest BCUT2D eigenvalue weighted by Gasteiger charge is 2.12. The van der Waals surface area contributed by atoms with Crippen LogP contribution in [0.25, 0.3) is 11.0 Å². The molecule has 0 saturated carbocycles. The van der Waals surface area contributed by atoms with Gasteiger partial charge in [0.15, 0.2) is 0 Å². The van der Waals surface area contributed by atoms with E-state index in [1.807, 2.05) is 43.3 Å². The largest absolute Gasteiger partial charge is 0.464 e. The molecule has 0 fully saturated rings. The molecule has 2 aromatic carbocycles. The molecule has 0 unspecified atom stereocenters. The fourth-order valence-electron chi connectivity index (χ4n) is 2.87. The van der Waals surface area contributed by atoms with E-state index >= 15 is 0 Å². The van der Waals surface area contributed by atoms with Crippen LogP contribution in [0.3, 0.4) is 0 Å². The normalized spacial score (nSPS) is 10.8. The molecule has 0 aliphatic heterocycles. The highest BCUT2D eigenvalue weighted by molar-refractivity contribution is 5.89. The Morgan fingerprint density at radius 3 is 2.64 bits per heavy atom. The Bertz CT molecular complexity index is 853. The summed E-state index contributed by atoms with van der Waals surface area (Å²) in [7, 11) is 0. The van der Waals surface area contributed by atoms with Crippen LogP contribution >= 0.6 is 0 Å². The van der Waals surface area contributed by atoms with Gasteiger partial charge in [-0.2, -0.15) is 0 Å². The van der Waals surface area contributed by atoms with E-state index in [2.05, 4.69) is 23.6 Å². The third-order valence-corrected chi connectivity index (χ3v) is 4.47. The number of aryl methyl sites for hydroxylation is 2. The van der Waals surface area contributed by atoms with Crippen LogP contribution in [0.4, 0.5) is 5.69 Å². The van der Waals surface area contributed by atoms with E-state index in [1.54, 1.807) is 6.26 Å². The smallest absolute Gasteiger partial charge is 0.224 e. The number of carbonyl (C=O) groups is 1. The van der Waals surface area contributed by atoms with E-state index in [0.717, 1.165) is 40.7 Å². The van der Waals surface area contributed by atoms with Gasteiger partial charge >= 0.3 is 0 Å². The van der Waals surface area contributed by atoms with Crippen molar-refractivity contribution in [3.05, 3.63) is 65.4 Å². The number of fused-ring (bicyclic) bond motifs is 1. The summed E-state index contributed by atoms with van der Waals surface area (Å²) in [4.78, 5) is 12.2. The second-order valence-corrected chi connectivity index (χ2v) is 6.32. The fraction of sp³-hybridized carbons (Fsp3) is 0.286. The highest BCUT2D eigenvalue weighted by atomic mass is 16.3. The van der Waals surface area contributed by atoms with Gasteiger partial charge in [0, 0.05) is 29.7 Å². The molecule has 2 N–H and O–H groups in total. The van der Waals surface area contributed by atoms with E-state index in [0.29, 0.717) is 13.0 Å². The van der Waals surface area contributed by atoms with E-state index in [4.69, 9.17) is 4.42 Å².